The summed E-state index contributed by atoms with van der Waals surface area (Å²) in [4.78, 5) is 19.0. The summed E-state index contributed by atoms with van der Waals surface area (Å²) in [7, 11) is 0. The van der Waals surface area contributed by atoms with Crippen molar-refractivity contribution in [3.8, 4) is 0 Å². The summed E-state index contributed by atoms with van der Waals surface area (Å²) in [6.07, 6.45) is 5.81. The van der Waals surface area contributed by atoms with Crippen molar-refractivity contribution < 1.29 is 0 Å². The zero-order valence-electron chi connectivity index (χ0n) is 21.3. The van der Waals surface area contributed by atoms with Crippen LogP contribution in [0.25, 0.3) is 10.9 Å². The molecule has 192 valence electrons. The minimum absolute atomic E-state index is 0.270. The molecule has 2 aromatic carbocycles. The van der Waals surface area contributed by atoms with Gasteiger partial charge in [0, 0.05) is 48.9 Å². The predicted molar refractivity (Wildman–Crippen MR) is 147 cm³/mol. The van der Waals surface area contributed by atoms with Crippen LogP contribution in [0, 0.1) is 18.8 Å². The fraction of sp³-hybridized carbons (Fsp3) is 0.464. The van der Waals surface area contributed by atoms with E-state index >= 15 is 0 Å². The number of nitrogens with one attached hydrogen (secondary N) is 1. The van der Waals surface area contributed by atoms with E-state index in [9.17, 15) is 0 Å². The van der Waals surface area contributed by atoms with Gasteiger partial charge in [0.2, 0.25) is 11.7 Å². The van der Waals surface area contributed by atoms with Crippen molar-refractivity contribution in [2.45, 2.75) is 44.4 Å². The van der Waals surface area contributed by atoms with Crippen molar-refractivity contribution >= 4 is 28.4 Å². The molecule has 4 unspecified atom stereocenters. The number of piperazine rings is 1. The van der Waals surface area contributed by atoms with Crippen LogP contribution in [-0.2, 0) is 5.79 Å². The molecule has 1 aromatic heterocycles. The van der Waals surface area contributed by atoms with Crippen LogP contribution < -0.4 is 26.8 Å². The molecule has 4 aliphatic rings. The van der Waals surface area contributed by atoms with Gasteiger partial charge in [-0.2, -0.15) is 5.43 Å². The van der Waals surface area contributed by atoms with Crippen LogP contribution in [-0.4, -0.2) is 53.0 Å². The molecule has 37 heavy (non-hydrogen) atoms. The van der Waals surface area contributed by atoms with Crippen LogP contribution >= 0.6 is 0 Å². The van der Waals surface area contributed by atoms with Crippen LogP contribution in [0.5, 0.6) is 0 Å². The third kappa shape index (κ3) is 3.93. The second-order valence-electron chi connectivity index (χ2n) is 11.1. The Balaban J connectivity index is 1.06. The third-order valence-electron chi connectivity index (χ3n) is 8.87. The van der Waals surface area contributed by atoms with Crippen molar-refractivity contribution in [3.05, 3.63) is 59.9 Å². The third-order valence-corrected chi connectivity index (χ3v) is 8.87. The Hall–Kier alpha value is -3.27. The Morgan fingerprint density at radius 3 is 2.46 bits per heavy atom. The Bertz CT molecular complexity index is 1350. The maximum atomic E-state index is 6.74. The van der Waals surface area contributed by atoms with Gasteiger partial charge in [-0.3, -0.25) is 10.6 Å². The Labute approximate surface area is 217 Å². The minimum Gasteiger partial charge on any atom is -0.369 e. The Kier molecular flexibility index (Phi) is 5.35. The van der Waals surface area contributed by atoms with Gasteiger partial charge in [0.15, 0.2) is 5.82 Å². The van der Waals surface area contributed by atoms with Crippen molar-refractivity contribution in [2.24, 2.45) is 28.3 Å². The second kappa shape index (κ2) is 8.65. The highest BCUT2D eigenvalue weighted by molar-refractivity contribution is 6.02. The fourth-order valence-corrected chi connectivity index (χ4v) is 7.01. The van der Waals surface area contributed by atoms with E-state index in [2.05, 4.69) is 42.3 Å². The summed E-state index contributed by atoms with van der Waals surface area (Å²) in [6.45, 7) is 6.31. The molecule has 3 aromatic rings. The maximum absolute atomic E-state index is 6.74. The zero-order chi connectivity index (χ0) is 25.1. The number of hydrazine groups is 1. The van der Waals surface area contributed by atoms with Gasteiger partial charge in [0.25, 0.3) is 0 Å². The molecule has 4 atom stereocenters. The number of aromatic nitrogens is 2. The van der Waals surface area contributed by atoms with Crippen molar-refractivity contribution in [1.82, 2.24) is 20.3 Å². The normalized spacial score (nSPS) is 29.9. The second-order valence-corrected chi connectivity index (χ2v) is 11.1. The maximum Gasteiger partial charge on any atom is 0.215 e. The van der Waals surface area contributed by atoms with Crippen molar-refractivity contribution in [3.63, 3.8) is 0 Å². The lowest BCUT2D eigenvalue weighted by Crippen LogP contribution is -2.53. The van der Waals surface area contributed by atoms with Crippen LogP contribution in [0.3, 0.4) is 0 Å². The zero-order valence-corrected chi connectivity index (χ0v) is 21.3. The quantitative estimate of drug-likeness (QED) is 0.504. The van der Waals surface area contributed by atoms with E-state index in [0.29, 0.717) is 11.6 Å². The average Bonchev–Trinajstić information content (AvgIpc) is 3.63. The molecule has 0 radical (unpaired) electrons. The molecular weight excluding hydrogens is 462 g/mol. The first-order valence-corrected chi connectivity index (χ1v) is 13.5. The first-order chi connectivity index (χ1) is 18.0. The van der Waals surface area contributed by atoms with E-state index < -0.39 is 5.79 Å². The van der Waals surface area contributed by atoms with Gasteiger partial charge in [-0.25, -0.2) is 20.0 Å². The number of aryl methyl sites for hydroxylation is 1. The lowest BCUT2D eigenvalue weighted by molar-refractivity contribution is 0.135. The largest absolute Gasteiger partial charge is 0.369 e. The summed E-state index contributed by atoms with van der Waals surface area (Å²) in [5.74, 6) is 2.34. The highest BCUT2D eigenvalue weighted by Crippen LogP contribution is 2.46. The van der Waals surface area contributed by atoms with Crippen molar-refractivity contribution in [2.75, 3.05) is 36.1 Å². The molecule has 2 aliphatic carbocycles. The first-order valence-electron chi connectivity index (χ1n) is 13.5. The van der Waals surface area contributed by atoms with Gasteiger partial charge in [-0.1, -0.05) is 30.7 Å². The van der Waals surface area contributed by atoms with E-state index in [1.165, 1.54) is 31.4 Å². The average molecular weight is 498 g/mol. The van der Waals surface area contributed by atoms with Crippen molar-refractivity contribution in [1.29, 1.82) is 0 Å². The fourth-order valence-electron chi connectivity index (χ4n) is 7.01. The molecule has 3 heterocycles. The minimum atomic E-state index is -1.18. The lowest BCUT2D eigenvalue weighted by atomic mass is 9.93. The molecule has 9 heteroatoms. The number of para-hydroxylation sites is 1. The number of benzene rings is 2. The summed E-state index contributed by atoms with van der Waals surface area (Å²) in [5.41, 5.74) is 19.3. The van der Waals surface area contributed by atoms with Crippen LogP contribution in [0.15, 0.2) is 53.5 Å². The molecule has 7 rings (SSSR count). The number of anilines is 2. The van der Waals surface area contributed by atoms with E-state index in [4.69, 9.17) is 11.5 Å². The molecule has 0 spiro atoms. The topological polar surface area (TPSA) is 112 Å². The number of fused-ring (bicyclic) bond motifs is 3. The van der Waals surface area contributed by atoms with Gasteiger partial charge in [-0.05, 0) is 62.3 Å². The number of hydrogen-bond acceptors (Lipinski definition) is 9. The van der Waals surface area contributed by atoms with E-state index in [1.807, 2.05) is 43.3 Å². The SMILES string of the molecule is Cc1nc(N2NC(N)(c3ccc(N4CCN(C5CC6CCC5C6)CC4)cc3)N=C2N)c2ccccc2n1. The Morgan fingerprint density at radius 2 is 1.73 bits per heavy atom. The molecule has 2 bridgehead atoms. The van der Waals surface area contributed by atoms with E-state index in [-0.39, 0.29) is 5.96 Å². The number of nitrogens with two attached hydrogens (primary N) is 2. The highest BCUT2D eigenvalue weighted by atomic mass is 15.7. The summed E-state index contributed by atoms with van der Waals surface area (Å²) in [5, 5.41) is 2.54. The molecule has 3 fully saturated rings. The van der Waals surface area contributed by atoms with E-state index in [1.54, 1.807) is 5.01 Å². The molecule has 1 saturated heterocycles. The van der Waals surface area contributed by atoms with Gasteiger partial charge < -0.3 is 10.6 Å². The highest BCUT2D eigenvalue weighted by Gasteiger charge is 2.43. The molecule has 2 aliphatic heterocycles. The predicted octanol–water partition coefficient (Wildman–Crippen LogP) is 2.66. The summed E-state index contributed by atoms with van der Waals surface area (Å²) in [6, 6.07) is 17.1. The number of nitrogens with zero attached hydrogens (tertiary/aromatic N) is 6. The molecule has 2 saturated carbocycles. The Morgan fingerprint density at radius 1 is 0.946 bits per heavy atom. The molecular formula is C28H35N9. The number of rotatable bonds is 4. The smallest absolute Gasteiger partial charge is 0.215 e. The van der Waals surface area contributed by atoms with Crippen LogP contribution in [0.2, 0.25) is 0 Å². The lowest BCUT2D eigenvalue weighted by Gasteiger charge is -2.42. The number of aliphatic imine (C=N–C) groups is 1. The summed E-state index contributed by atoms with van der Waals surface area (Å²) < 4.78 is 0. The van der Waals surface area contributed by atoms with Gasteiger partial charge in [0.05, 0.1) is 5.52 Å². The van der Waals surface area contributed by atoms with Gasteiger partial charge in [0.1, 0.15) is 5.82 Å². The standard InChI is InChI=1S/C28H35N9/c1-18-31-24-5-3-2-4-23(24)26(32-18)37-27(29)33-28(30,34-37)21-8-10-22(11-9-21)35-12-14-36(15-13-35)25-17-19-6-7-20(25)16-19/h2-5,8-11,19-20,25,34H,6-7,12-17,30H2,1H3,(H2,29,33). The summed E-state index contributed by atoms with van der Waals surface area (Å²) >= 11 is 0. The molecule has 5 N–H and O–H groups in total. The molecule has 0 amide bonds. The van der Waals surface area contributed by atoms with E-state index in [0.717, 1.165) is 60.5 Å². The number of guanidine groups is 1. The van der Waals surface area contributed by atoms with Crippen LogP contribution in [0.4, 0.5) is 11.5 Å². The first kappa shape index (κ1) is 22.9. The molecule has 9 nitrogen and oxygen atoms in total. The van der Waals surface area contributed by atoms with Gasteiger partial charge in [-0.15, -0.1) is 0 Å². The van der Waals surface area contributed by atoms with Gasteiger partial charge >= 0.3 is 0 Å². The number of hydrogen-bond donors (Lipinski definition) is 3. The monoisotopic (exact) mass is 497 g/mol. The van der Waals surface area contributed by atoms with Crippen LogP contribution in [0.1, 0.15) is 37.1 Å².